The number of hydrogen-bond acceptors (Lipinski definition) is 3. The second-order valence-corrected chi connectivity index (χ2v) is 8.45. The molecule has 1 N–H and O–H groups in total. The highest BCUT2D eigenvalue weighted by Crippen LogP contribution is 2.23. The normalized spacial score (nSPS) is 15.1. The van der Waals surface area contributed by atoms with Crippen LogP contribution in [0.15, 0.2) is 24.3 Å². The number of halogens is 2. The Hall–Kier alpha value is -1.34. The van der Waals surface area contributed by atoms with Crippen LogP contribution in [0.4, 0.5) is 0 Å². The van der Waals surface area contributed by atoms with Crippen LogP contribution in [0, 0.1) is 13.8 Å². The predicted octanol–water partition coefficient (Wildman–Crippen LogP) is 3.89. The van der Waals surface area contributed by atoms with Crippen LogP contribution in [0.25, 0.3) is 0 Å². The van der Waals surface area contributed by atoms with Gasteiger partial charge in [0, 0.05) is 51.5 Å². The Labute approximate surface area is 182 Å². The fourth-order valence-electron chi connectivity index (χ4n) is 3.44. The number of thiocarbonyl (C=S) groups is 1. The fourth-order valence-corrected chi connectivity index (χ4v) is 4.05. The van der Waals surface area contributed by atoms with Crippen molar-refractivity contribution >= 4 is 40.5 Å². The molecule has 0 bridgehead atoms. The van der Waals surface area contributed by atoms with E-state index in [1.54, 1.807) is 0 Å². The van der Waals surface area contributed by atoms with Crippen molar-refractivity contribution in [2.45, 2.75) is 33.4 Å². The Morgan fingerprint density at radius 1 is 1.11 bits per heavy atom. The maximum atomic E-state index is 6.12. The first-order chi connectivity index (χ1) is 13.4. The van der Waals surface area contributed by atoms with Crippen molar-refractivity contribution in [2.75, 3.05) is 32.7 Å². The predicted molar refractivity (Wildman–Crippen MR) is 120 cm³/mol. The first-order valence-electron chi connectivity index (χ1n) is 9.62. The van der Waals surface area contributed by atoms with E-state index >= 15 is 0 Å². The molecule has 1 saturated heterocycles. The van der Waals surface area contributed by atoms with Gasteiger partial charge in [0.05, 0.1) is 15.7 Å². The van der Waals surface area contributed by atoms with Gasteiger partial charge in [-0.1, -0.05) is 29.3 Å². The van der Waals surface area contributed by atoms with Gasteiger partial charge in [-0.15, -0.1) is 0 Å². The molecule has 1 aromatic heterocycles. The van der Waals surface area contributed by atoms with Gasteiger partial charge in [0.15, 0.2) is 5.11 Å². The van der Waals surface area contributed by atoms with Crippen molar-refractivity contribution in [3.63, 3.8) is 0 Å². The molecule has 152 valence electrons. The van der Waals surface area contributed by atoms with Crippen molar-refractivity contribution in [1.29, 1.82) is 0 Å². The number of aryl methyl sites for hydroxylation is 3. The number of nitrogens with zero attached hydrogens (tertiary/aromatic N) is 4. The minimum absolute atomic E-state index is 0.601. The van der Waals surface area contributed by atoms with Crippen LogP contribution in [0.5, 0.6) is 0 Å². The number of piperazine rings is 1. The van der Waals surface area contributed by atoms with E-state index in [-0.39, 0.29) is 0 Å². The zero-order valence-corrected chi connectivity index (χ0v) is 18.7. The lowest BCUT2D eigenvalue weighted by atomic mass is 10.2. The summed E-state index contributed by atoms with van der Waals surface area (Å²) >= 11 is 17.7. The summed E-state index contributed by atoms with van der Waals surface area (Å²) < 4.78 is 2.06. The van der Waals surface area contributed by atoms with Gasteiger partial charge in [-0.25, -0.2) is 0 Å². The molecule has 2 aromatic rings. The van der Waals surface area contributed by atoms with E-state index in [4.69, 9.17) is 35.4 Å². The summed E-state index contributed by atoms with van der Waals surface area (Å²) in [6.45, 7) is 10.6. The molecule has 0 saturated carbocycles. The lowest BCUT2D eigenvalue weighted by Crippen LogP contribution is -2.51. The van der Waals surface area contributed by atoms with E-state index in [9.17, 15) is 0 Å². The van der Waals surface area contributed by atoms with Crippen LogP contribution in [-0.2, 0) is 13.1 Å². The highest BCUT2D eigenvalue weighted by atomic mass is 35.5. The van der Waals surface area contributed by atoms with Crippen LogP contribution in [-0.4, -0.2) is 57.4 Å². The highest BCUT2D eigenvalue weighted by molar-refractivity contribution is 7.80. The average molecular weight is 440 g/mol. The molecule has 0 spiro atoms. The topological polar surface area (TPSA) is 36.3 Å². The van der Waals surface area contributed by atoms with E-state index in [0.717, 1.165) is 63.0 Å². The van der Waals surface area contributed by atoms with Gasteiger partial charge >= 0.3 is 0 Å². The molecular formula is C20H27Cl2N5S. The number of benzene rings is 1. The van der Waals surface area contributed by atoms with Crippen LogP contribution < -0.4 is 5.32 Å². The second-order valence-electron chi connectivity index (χ2n) is 7.25. The summed E-state index contributed by atoms with van der Waals surface area (Å²) in [6, 6.07) is 7.96. The fraction of sp³-hybridized carbons (Fsp3) is 0.500. The zero-order valence-electron chi connectivity index (χ0n) is 16.4. The molecule has 0 unspecified atom stereocenters. The Morgan fingerprint density at radius 2 is 1.86 bits per heavy atom. The van der Waals surface area contributed by atoms with Crippen LogP contribution >= 0.6 is 35.4 Å². The highest BCUT2D eigenvalue weighted by Gasteiger charge is 2.19. The van der Waals surface area contributed by atoms with Crippen LogP contribution in [0.1, 0.15) is 23.4 Å². The lowest BCUT2D eigenvalue weighted by molar-refractivity contribution is 0.174. The number of hydrogen-bond donors (Lipinski definition) is 1. The minimum atomic E-state index is 0.601. The molecular weight excluding hydrogens is 413 g/mol. The first kappa shape index (κ1) is 21.4. The second kappa shape index (κ2) is 9.92. The van der Waals surface area contributed by atoms with Crippen molar-refractivity contribution in [1.82, 2.24) is 24.9 Å². The summed E-state index contributed by atoms with van der Waals surface area (Å²) in [7, 11) is 0. The van der Waals surface area contributed by atoms with Crippen molar-refractivity contribution in [3.05, 3.63) is 51.3 Å². The van der Waals surface area contributed by atoms with Gasteiger partial charge < -0.3 is 10.2 Å². The Bertz CT molecular complexity index is 815. The van der Waals surface area contributed by atoms with Crippen LogP contribution in [0.2, 0.25) is 10.0 Å². The number of nitrogens with one attached hydrogen (secondary N) is 1. The van der Waals surface area contributed by atoms with Gasteiger partial charge in [0.1, 0.15) is 0 Å². The zero-order chi connectivity index (χ0) is 20.1. The third kappa shape index (κ3) is 5.83. The van der Waals surface area contributed by atoms with E-state index < -0.39 is 0 Å². The van der Waals surface area contributed by atoms with Crippen molar-refractivity contribution < 1.29 is 0 Å². The Balaban J connectivity index is 1.36. The van der Waals surface area contributed by atoms with Crippen molar-refractivity contribution in [3.8, 4) is 0 Å². The molecule has 1 aromatic carbocycles. The molecule has 0 aliphatic carbocycles. The summed E-state index contributed by atoms with van der Waals surface area (Å²) in [5.41, 5.74) is 3.46. The number of rotatable bonds is 6. The SMILES string of the molecule is Cc1cc(C)n(CCCNC(=S)N2CCN(Cc3ccc(Cl)c(Cl)c3)CC2)n1. The summed E-state index contributed by atoms with van der Waals surface area (Å²) in [5.74, 6) is 0. The minimum Gasteiger partial charge on any atom is -0.362 e. The molecule has 0 radical (unpaired) electrons. The Kier molecular flexibility index (Phi) is 7.57. The molecule has 1 fully saturated rings. The van der Waals surface area contributed by atoms with E-state index in [1.807, 2.05) is 25.1 Å². The molecule has 8 heteroatoms. The van der Waals surface area contributed by atoms with E-state index in [0.29, 0.717) is 10.0 Å². The molecule has 0 atom stereocenters. The van der Waals surface area contributed by atoms with Gasteiger partial charge in [0.25, 0.3) is 0 Å². The lowest BCUT2D eigenvalue weighted by Gasteiger charge is -2.36. The van der Waals surface area contributed by atoms with E-state index in [2.05, 4.69) is 37.9 Å². The molecule has 0 amide bonds. The summed E-state index contributed by atoms with van der Waals surface area (Å²) in [5, 5.41) is 9.95. The monoisotopic (exact) mass is 439 g/mol. The maximum absolute atomic E-state index is 6.12. The first-order valence-corrected chi connectivity index (χ1v) is 10.8. The molecule has 28 heavy (non-hydrogen) atoms. The molecule has 2 heterocycles. The molecule has 5 nitrogen and oxygen atoms in total. The van der Waals surface area contributed by atoms with Crippen LogP contribution in [0.3, 0.4) is 0 Å². The van der Waals surface area contributed by atoms with Gasteiger partial charge in [-0.3, -0.25) is 9.58 Å². The maximum Gasteiger partial charge on any atom is 0.169 e. The van der Waals surface area contributed by atoms with E-state index in [1.165, 1.54) is 11.3 Å². The van der Waals surface area contributed by atoms with Gasteiger partial charge in [0.2, 0.25) is 0 Å². The average Bonchev–Trinajstić information content (AvgIpc) is 2.99. The van der Waals surface area contributed by atoms with Gasteiger partial charge in [-0.05, 0) is 56.2 Å². The third-order valence-corrected chi connectivity index (χ3v) is 6.12. The third-order valence-electron chi connectivity index (χ3n) is 4.98. The number of aromatic nitrogens is 2. The quantitative estimate of drug-likeness (QED) is 0.545. The van der Waals surface area contributed by atoms with Gasteiger partial charge in [-0.2, -0.15) is 5.10 Å². The Morgan fingerprint density at radius 3 is 2.50 bits per heavy atom. The largest absolute Gasteiger partial charge is 0.362 e. The van der Waals surface area contributed by atoms with Crippen molar-refractivity contribution in [2.24, 2.45) is 0 Å². The molecule has 3 rings (SSSR count). The summed E-state index contributed by atoms with van der Waals surface area (Å²) in [4.78, 5) is 4.67. The molecule has 1 aliphatic heterocycles. The summed E-state index contributed by atoms with van der Waals surface area (Å²) in [6.07, 6.45) is 0.999. The standard InChI is InChI=1S/C20H27Cl2N5S/c1-15-12-16(2)27(24-15)7-3-6-23-20(28)26-10-8-25(9-11-26)14-17-4-5-18(21)19(22)13-17/h4-5,12-13H,3,6-11,14H2,1-2H3,(H,23,28). The smallest absolute Gasteiger partial charge is 0.169 e. The molecule has 1 aliphatic rings.